The van der Waals surface area contributed by atoms with Gasteiger partial charge < -0.3 is 14.5 Å². The van der Waals surface area contributed by atoms with Crippen LogP contribution >= 0.6 is 0 Å². The lowest BCUT2D eigenvalue weighted by molar-refractivity contribution is 0.0951. The van der Waals surface area contributed by atoms with Crippen molar-refractivity contribution in [2.75, 3.05) is 6.54 Å². The number of oxazole rings is 1. The summed E-state index contributed by atoms with van der Waals surface area (Å²) in [4.78, 5) is 17.1. The average Bonchev–Trinajstić information content (AvgIpc) is 3.22. The highest BCUT2D eigenvalue weighted by atomic mass is 16.5. The minimum absolute atomic E-state index is 0.0973. The summed E-state index contributed by atoms with van der Waals surface area (Å²) < 4.78 is 11.6. The number of hydrogen-bond acceptors (Lipinski definition) is 4. The van der Waals surface area contributed by atoms with Gasteiger partial charge in [-0.2, -0.15) is 0 Å². The van der Waals surface area contributed by atoms with E-state index >= 15 is 0 Å². The molecule has 0 saturated carbocycles. The van der Waals surface area contributed by atoms with Gasteiger partial charge in [-0.05, 0) is 54.8 Å². The predicted octanol–water partition coefficient (Wildman–Crippen LogP) is 5.76. The molecule has 5 nitrogen and oxygen atoms in total. The highest BCUT2D eigenvalue weighted by Crippen LogP contribution is 2.23. The molecule has 32 heavy (non-hydrogen) atoms. The van der Waals surface area contributed by atoms with Crippen molar-refractivity contribution >= 4 is 5.91 Å². The van der Waals surface area contributed by atoms with Gasteiger partial charge in [0.1, 0.15) is 23.8 Å². The molecule has 4 aromatic rings. The number of ether oxygens (including phenoxy) is 1. The first-order valence-electron chi connectivity index (χ1n) is 10.7. The topological polar surface area (TPSA) is 64.4 Å². The Bertz CT molecular complexity index is 1150. The van der Waals surface area contributed by atoms with Crippen LogP contribution in [0.25, 0.3) is 11.5 Å². The fourth-order valence-corrected chi connectivity index (χ4v) is 3.37. The standard InChI is InChI=1S/C27H26N2O3/c1-19(21-9-5-3-6-10-21)17-28-26(30)22-13-15-23(16-14-22)27-29-25(20(2)32-27)18-31-24-11-7-4-8-12-24/h3-16,19H,17-18H2,1-2H3,(H,28,30)/t19-/m1/s1. The zero-order valence-electron chi connectivity index (χ0n) is 18.2. The fraction of sp³-hybridized carbons (Fsp3) is 0.185. The molecule has 3 aromatic carbocycles. The van der Waals surface area contributed by atoms with Gasteiger partial charge in [0.15, 0.2) is 0 Å². The van der Waals surface area contributed by atoms with Crippen LogP contribution in [0.2, 0.25) is 0 Å². The Morgan fingerprint density at radius 2 is 1.62 bits per heavy atom. The van der Waals surface area contributed by atoms with Crippen LogP contribution in [0.1, 0.15) is 40.2 Å². The van der Waals surface area contributed by atoms with E-state index in [1.165, 1.54) is 5.56 Å². The highest BCUT2D eigenvalue weighted by molar-refractivity contribution is 5.94. The second-order valence-electron chi connectivity index (χ2n) is 7.72. The molecule has 4 rings (SSSR count). The molecule has 0 aliphatic carbocycles. The number of rotatable bonds is 8. The van der Waals surface area contributed by atoms with E-state index in [0.717, 1.165) is 17.0 Å². The Morgan fingerprint density at radius 3 is 2.31 bits per heavy atom. The molecule has 0 bridgehead atoms. The van der Waals surface area contributed by atoms with Gasteiger partial charge in [0.2, 0.25) is 5.89 Å². The second kappa shape index (κ2) is 9.96. The molecule has 0 fully saturated rings. The summed E-state index contributed by atoms with van der Waals surface area (Å²) in [6.07, 6.45) is 0. The van der Waals surface area contributed by atoms with Crippen LogP contribution in [0.15, 0.2) is 89.3 Å². The summed E-state index contributed by atoms with van der Waals surface area (Å²) in [6, 6.07) is 27.0. The molecule has 5 heteroatoms. The Balaban J connectivity index is 1.36. The fourth-order valence-electron chi connectivity index (χ4n) is 3.37. The van der Waals surface area contributed by atoms with E-state index in [4.69, 9.17) is 9.15 Å². The van der Waals surface area contributed by atoms with Gasteiger partial charge in [-0.3, -0.25) is 4.79 Å². The summed E-state index contributed by atoms with van der Waals surface area (Å²) in [7, 11) is 0. The lowest BCUT2D eigenvalue weighted by Gasteiger charge is -2.13. The quantitative estimate of drug-likeness (QED) is 0.389. The smallest absolute Gasteiger partial charge is 0.251 e. The number of carbonyl (C=O) groups is 1. The number of nitrogens with one attached hydrogen (secondary N) is 1. The van der Waals surface area contributed by atoms with E-state index in [0.29, 0.717) is 30.4 Å². The van der Waals surface area contributed by atoms with Crippen molar-refractivity contribution in [3.63, 3.8) is 0 Å². The maximum Gasteiger partial charge on any atom is 0.251 e. The number of carbonyl (C=O) groups excluding carboxylic acids is 1. The number of nitrogens with zero attached hydrogens (tertiary/aromatic N) is 1. The molecule has 1 amide bonds. The summed E-state index contributed by atoms with van der Waals surface area (Å²) in [5.74, 6) is 2.16. The predicted molar refractivity (Wildman–Crippen MR) is 125 cm³/mol. The third kappa shape index (κ3) is 5.24. The van der Waals surface area contributed by atoms with Gasteiger partial charge in [0, 0.05) is 17.7 Å². The van der Waals surface area contributed by atoms with Crippen molar-refractivity contribution in [3.05, 3.63) is 108 Å². The molecule has 0 radical (unpaired) electrons. The summed E-state index contributed by atoms with van der Waals surface area (Å²) >= 11 is 0. The number of hydrogen-bond donors (Lipinski definition) is 1. The lowest BCUT2D eigenvalue weighted by Crippen LogP contribution is -2.27. The van der Waals surface area contributed by atoms with Crippen LogP contribution in [0, 0.1) is 6.92 Å². The molecule has 0 aliphatic rings. The number of aromatic nitrogens is 1. The van der Waals surface area contributed by atoms with Crippen LogP contribution in [0.5, 0.6) is 5.75 Å². The summed E-state index contributed by atoms with van der Waals surface area (Å²) in [5.41, 5.74) is 3.37. The number of para-hydroxylation sites is 1. The van der Waals surface area contributed by atoms with Crippen molar-refractivity contribution < 1.29 is 13.9 Å². The van der Waals surface area contributed by atoms with E-state index in [2.05, 4.69) is 29.4 Å². The van der Waals surface area contributed by atoms with Gasteiger partial charge in [0.25, 0.3) is 5.91 Å². The normalized spacial score (nSPS) is 11.7. The zero-order chi connectivity index (χ0) is 22.3. The van der Waals surface area contributed by atoms with Gasteiger partial charge in [0.05, 0.1) is 0 Å². The number of benzene rings is 3. The maximum atomic E-state index is 12.5. The van der Waals surface area contributed by atoms with Crippen molar-refractivity contribution in [1.29, 1.82) is 0 Å². The molecule has 0 saturated heterocycles. The third-order valence-electron chi connectivity index (χ3n) is 5.34. The Labute approximate surface area is 188 Å². The van der Waals surface area contributed by atoms with Crippen LogP contribution < -0.4 is 10.1 Å². The molecule has 1 N–H and O–H groups in total. The average molecular weight is 427 g/mol. The van der Waals surface area contributed by atoms with E-state index < -0.39 is 0 Å². The maximum absolute atomic E-state index is 12.5. The molecule has 0 unspecified atom stereocenters. The van der Waals surface area contributed by atoms with E-state index in [-0.39, 0.29) is 11.8 Å². The van der Waals surface area contributed by atoms with Gasteiger partial charge in [-0.25, -0.2) is 4.98 Å². The van der Waals surface area contributed by atoms with Gasteiger partial charge >= 0.3 is 0 Å². The molecule has 0 spiro atoms. The van der Waals surface area contributed by atoms with Crippen LogP contribution in [-0.2, 0) is 6.61 Å². The van der Waals surface area contributed by atoms with Crippen molar-refractivity contribution in [1.82, 2.24) is 10.3 Å². The Kier molecular flexibility index (Phi) is 6.66. The molecule has 162 valence electrons. The lowest BCUT2D eigenvalue weighted by atomic mass is 10.0. The monoisotopic (exact) mass is 426 g/mol. The first-order valence-corrected chi connectivity index (χ1v) is 10.7. The molecule has 1 heterocycles. The SMILES string of the molecule is Cc1oc(-c2ccc(C(=O)NC[C@@H](C)c3ccccc3)cc2)nc1COc1ccccc1. The van der Waals surface area contributed by atoms with Crippen LogP contribution in [-0.4, -0.2) is 17.4 Å². The first kappa shape index (κ1) is 21.4. The largest absolute Gasteiger partial charge is 0.487 e. The minimum Gasteiger partial charge on any atom is -0.487 e. The summed E-state index contributed by atoms with van der Waals surface area (Å²) in [5, 5.41) is 3.01. The van der Waals surface area contributed by atoms with E-state index in [1.807, 2.05) is 67.6 Å². The summed E-state index contributed by atoms with van der Waals surface area (Å²) in [6.45, 7) is 4.88. The van der Waals surface area contributed by atoms with Crippen molar-refractivity contribution in [3.8, 4) is 17.2 Å². The molecular weight excluding hydrogens is 400 g/mol. The van der Waals surface area contributed by atoms with Crippen molar-refractivity contribution in [2.24, 2.45) is 0 Å². The third-order valence-corrected chi connectivity index (χ3v) is 5.34. The van der Waals surface area contributed by atoms with Crippen molar-refractivity contribution in [2.45, 2.75) is 26.4 Å². The van der Waals surface area contributed by atoms with E-state index in [1.54, 1.807) is 12.1 Å². The molecular formula is C27H26N2O3. The molecule has 1 aromatic heterocycles. The molecule has 0 aliphatic heterocycles. The first-order chi connectivity index (χ1) is 15.6. The van der Waals surface area contributed by atoms with Crippen LogP contribution in [0.3, 0.4) is 0 Å². The van der Waals surface area contributed by atoms with E-state index in [9.17, 15) is 4.79 Å². The number of aryl methyl sites for hydroxylation is 1. The van der Waals surface area contributed by atoms with Crippen LogP contribution in [0.4, 0.5) is 0 Å². The zero-order valence-corrected chi connectivity index (χ0v) is 18.2. The Morgan fingerprint density at radius 1 is 0.969 bits per heavy atom. The van der Waals surface area contributed by atoms with Gasteiger partial charge in [-0.1, -0.05) is 55.5 Å². The highest BCUT2D eigenvalue weighted by Gasteiger charge is 2.14. The molecule has 1 atom stereocenters. The number of amides is 1. The Hall–Kier alpha value is -3.86. The second-order valence-corrected chi connectivity index (χ2v) is 7.72. The van der Waals surface area contributed by atoms with Gasteiger partial charge in [-0.15, -0.1) is 0 Å². The minimum atomic E-state index is -0.0973.